The number of carbonyl (C=O) groups excluding carboxylic acids is 1. The standard InChI is InChI=1S/C17H18N4O3S3/c1-3-25-17-20-19-16(26-17)18-15(22)11-21(2)27(23,24)14-9-8-12-6-4-5-7-13(12)10-14/h4-10H,3,11H2,1-2H3,(H,18,19,22). The van der Waals surface area contributed by atoms with Gasteiger partial charge in [-0.05, 0) is 28.7 Å². The highest BCUT2D eigenvalue weighted by Gasteiger charge is 2.23. The fourth-order valence-corrected chi connectivity index (χ4v) is 5.22. The Morgan fingerprint density at radius 3 is 2.67 bits per heavy atom. The summed E-state index contributed by atoms with van der Waals surface area (Å²) in [5, 5.41) is 12.6. The predicted octanol–water partition coefficient (Wildman–Crippen LogP) is 3.06. The number of anilines is 1. The maximum absolute atomic E-state index is 12.8. The summed E-state index contributed by atoms with van der Waals surface area (Å²) in [7, 11) is -2.41. The number of fused-ring (bicyclic) bond motifs is 1. The number of hydrogen-bond acceptors (Lipinski definition) is 7. The molecule has 3 aromatic rings. The highest BCUT2D eigenvalue weighted by molar-refractivity contribution is 8.01. The summed E-state index contributed by atoms with van der Waals surface area (Å²) < 4.78 is 27.3. The Bertz CT molecular complexity index is 1070. The van der Waals surface area contributed by atoms with Gasteiger partial charge < -0.3 is 0 Å². The molecule has 0 saturated heterocycles. The van der Waals surface area contributed by atoms with Crippen LogP contribution < -0.4 is 5.32 Å². The molecule has 0 atom stereocenters. The number of rotatable bonds is 7. The third kappa shape index (κ3) is 4.64. The van der Waals surface area contributed by atoms with E-state index in [0.717, 1.165) is 25.2 Å². The lowest BCUT2D eigenvalue weighted by Crippen LogP contribution is -2.34. The second kappa shape index (κ2) is 8.34. The van der Waals surface area contributed by atoms with Crippen LogP contribution in [0.3, 0.4) is 0 Å². The lowest BCUT2D eigenvalue weighted by molar-refractivity contribution is -0.116. The van der Waals surface area contributed by atoms with E-state index in [1.54, 1.807) is 18.2 Å². The lowest BCUT2D eigenvalue weighted by atomic mass is 10.1. The van der Waals surface area contributed by atoms with Crippen LogP contribution in [0.25, 0.3) is 10.8 Å². The maximum atomic E-state index is 12.8. The number of nitrogens with one attached hydrogen (secondary N) is 1. The van der Waals surface area contributed by atoms with Crippen molar-refractivity contribution in [1.29, 1.82) is 0 Å². The van der Waals surface area contributed by atoms with E-state index in [9.17, 15) is 13.2 Å². The number of amides is 1. The van der Waals surface area contributed by atoms with Crippen molar-refractivity contribution in [1.82, 2.24) is 14.5 Å². The molecule has 1 aromatic heterocycles. The zero-order valence-electron chi connectivity index (χ0n) is 14.7. The van der Waals surface area contributed by atoms with Gasteiger partial charge in [0.2, 0.25) is 21.1 Å². The van der Waals surface area contributed by atoms with Crippen LogP contribution in [0.15, 0.2) is 51.7 Å². The molecule has 7 nitrogen and oxygen atoms in total. The van der Waals surface area contributed by atoms with Crippen molar-refractivity contribution in [2.24, 2.45) is 0 Å². The highest BCUT2D eigenvalue weighted by atomic mass is 32.2. The number of benzene rings is 2. The molecular weight excluding hydrogens is 404 g/mol. The molecule has 1 N–H and O–H groups in total. The minimum Gasteiger partial charge on any atom is -0.299 e. The predicted molar refractivity (Wildman–Crippen MR) is 109 cm³/mol. The van der Waals surface area contributed by atoms with Gasteiger partial charge in [-0.1, -0.05) is 60.4 Å². The minimum absolute atomic E-state index is 0.147. The number of likely N-dealkylation sites (N-methyl/N-ethyl adjacent to an activating group) is 1. The van der Waals surface area contributed by atoms with Crippen LogP contribution in [0.4, 0.5) is 5.13 Å². The molecule has 1 amide bonds. The van der Waals surface area contributed by atoms with E-state index in [-0.39, 0.29) is 11.4 Å². The smallest absolute Gasteiger partial charge is 0.243 e. The fourth-order valence-electron chi connectivity index (χ4n) is 2.40. The van der Waals surface area contributed by atoms with E-state index < -0.39 is 15.9 Å². The molecule has 10 heteroatoms. The van der Waals surface area contributed by atoms with Gasteiger partial charge in [0.05, 0.1) is 11.4 Å². The van der Waals surface area contributed by atoms with Crippen LogP contribution in [-0.2, 0) is 14.8 Å². The average molecular weight is 423 g/mol. The topological polar surface area (TPSA) is 92.3 Å². The summed E-state index contributed by atoms with van der Waals surface area (Å²) in [6, 6.07) is 12.4. The minimum atomic E-state index is -3.79. The molecule has 3 rings (SSSR count). The van der Waals surface area contributed by atoms with Gasteiger partial charge in [-0.3, -0.25) is 10.1 Å². The van der Waals surface area contributed by atoms with Crippen molar-refractivity contribution in [2.45, 2.75) is 16.2 Å². The normalized spacial score (nSPS) is 11.8. The second-order valence-electron chi connectivity index (χ2n) is 5.62. The van der Waals surface area contributed by atoms with Gasteiger partial charge in [-0.25, -0.2) is 8.42 Å². The van der Waals surface area contributed by atoms with Gasteiger partial charge in [0, 0.05) is 7.05 Å². The number of sulfonamides is 1. The largest absolute Gasteiger partial charge is 0.299 e. The van der Waals surface area contributed by atoms with Crippen molar-refractivity contribution >= 4 is 54.9 Å². The molecule has 0 bridgehead atoms. The van der Waals surface area contributed by atoms with E-state index in [0.29, 0.717) is 5.13 Å². The molecule has 0 aliphatic rings. The van der Waals surface area contributed by atoms with Gasteiger partial charge in [0.25, 0.3) is 0 Å². The van der Waals surface area contributed by atoms with E-state index in [1.807, 2.05) is 31.2 Å². The number of carbonyl (C=O) groups is 1. The van der Waals surface area contributed by atoms with Crippen molar-refractivity contribution in [3.8, 4) is 0 Å². The molecule has 0 spiro atoms. The maximum Gasteiger partial charge on any atom is 0.243 e. The van der Waals surface area contributed by atoms with Gasteiger partial charge in [-0.15, -0.1) is 10.2 Å². The van der Waals surface area contributed by atoms with E-state index in [1.165, 1.54) is 30.1 Å². The Labute approximate surface area is 165 Å². The summed E-state index contributed by atoms with van der Waals surface area (Å²) in [5.41, 5.74) is 0. The first-order chi connectivity index (χ1) is 12.9. The highest BCUT2D eigenvalue weighted by Crippen LogP contribution is 2.25. The zero-order chi connectivity index (χ0) is 19.4. The molecule has 0 saturated carbocycles. The molecule has 0 fully saturated rings. The first-order valence-corrected chi connectivity index (χ1v) is 11.4. The zero-order valence-corrected chi connectivity index (χ0v) is 17.2. The quantitative estimate of drug-likeness (QED) is 0.465. The average Bonchev–Trinajstić information content (AvgIpc) is 3.08. The third-order valence-corrected chi connectivity index (χ3v) is 7.37. The summed E-state index contributed by atoms with van der Waals surface area (Å²) >= 11 is 2.79. The Kier molecular flexibility index (Phi) is 6.10. The van der Waals surface area contributed by atoms with Gasteiger partial charge in [-0.2, -0.15) is 4.31 Å². The van der Waals surface area contributed by atoms with Crippen LogP contribution in [0.1, 0.15) is 6.92 Å². The molecule has 2 aromatic carbocycles. The van der Waals surface area contributed by atoms with Crippen LogP contribution in [0, 0.1) is 0 Å². The van der Waals surface area contributed by atoms with Crippen LogP contribution in [0.2, 0.25) is 0 Å². The number of thioether (sulfide) groups is 1. The molecule has 0 radical (unpaired) electrons. The van der Waals surface area contributed by atoms with Gasteiger partial charge in [0.15, 0.2) is 4.34 Å². The summed E-state index contributed by atoms with van der Waals surface area (Å²) in [6.07, 6.45) is 0. The number of aromatic nitrogens is 2. The van der Waals surface area contributed by atoms with Crippen molar-refractivity contribution in [3.05, 3.63) is 42.5 Å². The molecule has 0 aliphatic carbocycles. The van der Waals surface area contributed by atoms with Crippen molar-refractivity contribution in [2.75, 3.05) is 24.7 Å². The Morgan fingerprint density at radius 1 is 1.19 bits per heavy atom. The van der Waals surface area contributed by atoms with E-state index in [4.69, 9.17) is 0 Å². The van der Waals surface area contributed by atoms with Crippen LogP contribution in [-0.4, -0.2) is 48.2 Å². The number of nitrogens with zero attached hydrogens (tertiary/aromatic N) is 3. The second-order valence-corrected chi connectivity index (χ2v) is 10.2. The Balaban J connectivity index is 1.70. The molecule has 1 heterocycles. The SMILES string of the molecule is CCSc1nnc(NC(=O)CN(C)S(=O)(=O)c2ccc3ccccc3c2)s1. The van der Waals surface area contributed by atoms with E-state index >= 15 is 0 Å². The van der Waals surface area contributed by atoms with Crippen LogP contribution >= 0.6 is 23.1 Å². The first-order valence-electron chi connectivity index (χ1n) is 8.11. The molecular formula is C17H18N4O3S3. The number of hydrogen-bond donors (Lipinski definition) is 1. The van der Waals surface area contributed by atoms with Crippen molar-refractivity contribution < 1.29 is 13.2 Å². The van der Waals surface area contributed by atoms with Gasteiger partial charge >= 0.3 is 0 Å². The molecule has 0 unspecified atom stereocenters. The molecule has 142 valence electrons. The molecule has 0 aliphatic heterocycles. The third-order valence-electron chi connectivity index (χ3n) is 3.72. The van der Waals surface area contributed by atoms with Crippen molar-refractivity contribution in [3.63, 3.8) is 0 Å². The monoisotopic (exact) mass is 422 g/mol. The summed E-state index contributed by atoms with van der Waals surface area (Å²) in [5.74, 6) is 0.390. The molecule has 27 heavy (non-hydrogen) atoms. The van der Waals surface area contributed by atoms with Gasteiger partial charge in [0.1, 0.15) is 0 Å². The van der Waals surface area contributed by atoms with Crippen LogP contribution in [0.5, 0.6) is 0 Å². The lowest BCUT2D eigenvalue weighted by Gasteiger charge is -2.16. The summed E-state index contributed by atoms with van der Waals surface area (Å²) in [6.45, 7) is 1.68. The summed E-state index contributed by atoms with van der Waals surface area (Å²) in [4.78, 5) is 12.3. The Morgan fingerprint density at radius 2 is 1.93 bits per heavy atom. The van der Waals surface area contributed by atoms with E-state index in [2.05, 4.69) is 15.5 Å². The first kappa shape index (κ1) is 19.7. The Hall–Kier alpha value is -2.01. The fraction of sp³-hybridized carbons (Fsp3) is 0.235.